The molecule has 1 saturated heterocycles. The SMILES string of the molecule is Nc1nc(N2CC(=O)NC(=O)C2)n[nH]1. The molecule has 1 aromatic heterocycles. The second-order valence-electron chi connectivity index (χ2n) is 2.85. The number of aromatic amines is 1. The van der Waals surface area contributed by atoms with E-state index in [2.05, 4.69) is 20.5 Å². The van der Waals surface area contributed by atoms with Gasteiger partial charge >= 0.3 is 0 Å². The van der Waals surface area contributed by atoms with Gasteiger partial charge in [-0.25, -0.2) is 5.10 Å². The quantitative estimate of drug-likeness (QED) is 0.441. The van der Waals surface area contributed by atoms with Crippen molar-refractivity contribution >= 4 is 23.7 Å². The van der Waals surface area contributed by atoms with Gasteiger partial charge in [-0.15, -0.1) is 5.10 Å². The van der Waals surface area contributed by atoms with Gasteiger partial charge in [0.15, 0.2) is 0 Å². The number of carbonyl (C=O) groups is 2. The first kappa shape index (κ1) is 8.48. The summed E-state index contributed by atoms with van der Waals surface area (Å²) < 4.78 is 0. The molecule has 0 radical (unpaired) electrons. The average molecular weight is 196 g/mol. The van der Waals surface area contributed by atoms with Crippen LogP contribution in [0.5, 0.6) is 0 Å². The summed E-state index contributed by atoms with van der Waals surface area (Å²) in [5.41, 5.74) is 5.31. The minimum absolute atomic E-state index is 0.0586. The Labute approximate surface area is 78.5 Å². The zero-order valence-electron chi connectivity index (χ0n) is 7.15. The highest BCUT2D eigenvalue weighted by atomic mass is 16.2. The summed E-state index contributed by atoms with van der Waals surface area (Å²) in [6.07, 6.45) is 0. The van der Waals surface area contributed by atoms with Gasteiger partial charge in [0, 0.05) is 0 Å². The van der Waals surface area contributed by atoms with Crippen LogP contribution in [0.15, 0.2) is 0 Å². The second-order valence-corrected chi connectivity index (χ2v) is 2.85. The first-order chi connectivity index (χ1) is 6.65. The first-order valence-corrected chi connectivity index (χ1v) is 3.90. The molecule has 8 heteroatoms. The van der Waals surface area contributed by atoms with Gasteiger partial charge in [-0.1, -0.05) is 0 Å². The van der Waals surface area contributed by atoms with Crippen LogP contribution in [0, 0.1) is 0 Å². The Hall–Kier alpha value is -2.12. The molecule has 2 heterocycles. The fourth-order valence-corrected chi connectivity index (χ4v) is 1.19. The third-order valence-corrected chi connectivity index (χ3v) is 1.72. The van der Waals surface area contributed by atoms with E-state index in [9.17, 15) is 9.59 Å². The molecule has 0 spiro atoms. The van der Waals surface area contributed by atoms with Gasteiger partial charge in [0.05, 0.1) is 0 Å². The number of rotatable bonds is 1. The smallest absolute Gasteiger partial charge is 0.247 e. The number of anilines is 2. The number of nitrogens with two attached hydrogens (primary N) is 1. The summed E-state index contributed by atoms with van der Waals surface area (Å²) in [4.78, 5) is 27.2. The minimum Gasteiger partial charge on any atom is -0.368 e. The second kappa shape index (κ2) is 2.98. The monoisotopic (exact) mass is 196 g/mol. The molecule has 0 aromatic carbocycles. The molecular formula is C6H8N6O2. The molecule has 8 nitrogen and oxygen atoms in total. The first-order valence-electron chi connectivity index (χ1n) is 3.90. The summed E-state index contributed by atoms with van der Waals surface area (Å²) in [6, 6.07) is 0. The van der Waals surface area contributed by atoms with Gasteiger partial charge in [-0.3, -0.25) is 14.9 Å². The third kappa shape index (κ3) is 1.49. The van der Waals surface area contributed by atoms with Gasteiger partial charge in [0.2, 0.25) is 23.7 Å². The number of H-pyrrole nitrogens is 1. The maximum absolute atomic E-state index is 11.0. The molecule has 1 aromatic rings. The van der Waals surface area contributed by atoms with Crippen LogP contribution in [-0.4, -0.2) is 40.1 Å². The number of nitrogens with zero attached hydrogens (tertiary/aromatic N) is 3. The fourth-order valence-electron chi connectivity index (χ4n) is 1.19. The van der Waals surface area contributed by atoms with E-state index in [1.165, 1.54) is 4.90 Å². The number of nitrogens with one attached hydrogen (secondary N) is 2. The number of aromatic nitrogens is 3. The van der Waals surface area contributed by atoms with E-state index in [4.69, 9.17) is 5.73 Å². The van der Waals surface area contributed by atoms with Crippen molar-refractivity contribution in [2.24, 2.45) is 0 Å². The van der Waals surface area contributed by atoms with Crippen molar-refractivity contribution in [1.82, 2.24) is 20.5 Å². The molecule has 0 bridgehead atoms. The molecule has 74 valence electrons. The van der Waals surface area contributed by atoms with E-state index in [0.717, 1.165) is 0 Å². The Kier molecular flexibility index (Phi) is 1.80. The van der Waals surface area contributed by atoms with Gasteiger partial charge in [-0.05, 0) is 0 Å². The highest BCUT2D eigenvalue weighted by Crippen LogP contribution is 2.08. The van der Waals surface area contributed by atoms with Crippen molar-refractivity contribution in [3.05, 3.63) is 0 Å². The fraction of sp³-hybridized carbons (Fsp3) is 0.333. The summed E-state index contributed by atoms with van der Waals surface area (Å²) >= 11 is 0. The third-order valence-electron chi connectivity index (χ3n) is 1.72. The van der Waals surface area contributed by atoms with Crippen molar-refractivity contribution in [3.63, 3.8) is 0 Å². The molecular weight excluding hydrogens is 188 g/mol. The number of imide groups is 1. The Morgan fingerprint density at radius 1 is 1.29 bits per heavy atom. The molecule has 4 N–H and O–H groups in total. The number of nitrogen functional groups attached to an aromatic ring is 1. The van der Waals surface area contributed by atoms with E-state index in [1.54, 1.807) is 0 Å². The zero-order valence-corrected chi connectivity index (χ0v) is 7.15. The van der Waals surface area contributed by atoms with Crippen LogP contribution in [0.4, 0.5) is 11.9 Å². The van der Waals surface area contributed by atoms with Crippen LogP contribution in [0.25, 0.3) is 0 Å². The van der Waals surface area contributed by atoms with E-state index in [-0.39, 0.29) is 36.8 Å². The summed E-state index contributed by atoms with van der Waals surface area (Å²) in [6.45, 7) is 0.117. The maximum atomic E-state index is 11.0. The lowest BCUT2D eigenvalue weighted by Crippen LogP contribution is -2.51. The van der Waals surface area contributed by atoms with Gasteiger partial charge in [0.25, 0.3) is 0 Å². The molecule has 0 aliphatic carbocycles. The Morgan fingerprint density at radius 3 is 2.43 bits per heavy atom. The zero-order chi connectivity index (χ0) is 10.1. The molecule has 1 aliphatic rings. The lowest BCUT2D eigenvalue weighted by Gasteiger charge is -2.23. The number of carbonyl (C=O) groups excluding carboxylic acids is 2. The van der Waals surface area contributed by atoms with Crippen LogP contribution in [0.3, 0.4) is 0 Å². The summed E-state index contributed by atoms with van der Waals surface area (Å²) in [5.74, 6) is -0.335. The van der Waals surface area contributed by atoms with Crippen molar-refractivity contribution < 1.29 is 9.59 Å². The normalized spacial score (nSPS) is 17.0. The molecule has 1 aliphatic heterocycles. The summed E-state index contributed by atoms with van der Waals surface area (Å²) in [7, 11) is 0. The van der Waals surface area contributed by atoms with Crippen LogP contribution in [0.1, 0.15) is 0 Å². The molecule has 2 amide bonds. The van der Waals surface area contributed by atoms with E-state index >= 15 is 0 Å². The van der Waals surface area contributed by atoms with E-state index in [0.29, 0.717) is 0 Å². The standard InChI is InChI=1S/C6H8N6O2/c7-5-9-6(11-10-5)12-1-3(13)8-4(14)2-12/h1-2H2,(H,8,13,14)(H3,7,9,10,11). The van der Waals surface area contributed by atoms with Crippen LogP contribution in [-0.2, 0) is 9.59 Å². The number of hydrogen-bond donors (Lipinski definition) is 3. The van der Waals surface area contributed by atoms with Crippen LogP contribution >= 0.6 is 0 Å². The number of amides is 2. The molecule has 0 unspecified atom stereocenters. The Balaban J connectivity index is 2.18. The average Bonchev–Trinajstić information content (AvgIpc) is 2.50. The molecule has 14 heavy (non-hydrogen) atoms. The van der Waals surface area contributed by atoms with Crippen LogP contribution in [0.2, 0.25) is 0 Å². The number of piperazine rings is 1. The summed E-state index contributed by atoms with van der Waals surface area (Å²) in [5, 5.41) is 8.34. The number of hydrogen-bond acceptors (Lipinski definition) is 6. The van der Waals surface area contributed by atoms with Crippen molar-refractivity contribution in [2.75, 3.05) is 23.7 Å². The highest BCUT2D eigenvalue weighted by Gasteiger charge is 2.24. The minimum atomic E-state index is -0.371. The molecule has 0 atom stereocenters. The van der Waals surface area contributed by atoms with E-state index in [1.807, 2.05) is 0 Å². The highest BCUT2D eigenvalue weighted by molar-refractivity contribution is 6.02. The lowest BCUT2D eigenvalue weighted by atomic mass is 10.3. The molecule has 2 rings (SSSR count). The predicted octanol–water partition coefficient (Wildman–Crippen LogP) is -2.15. The van der Waals surface area contributed by atoms with Gasteiger partial charge in [-0.2, -0.15) is 4.98 Å². The van der Waals surface area contributed by atoms with Crippen LogP contribution < -0.4 is 16.0 Å². The van der Waals surface area contributed by atoms with Crippen molar-refractivity contribution in [2.45, 2.75) is 0 Å². The Morgan fingerprint density at radius 2 is 1.93 bits per heavy atom. The van der Waals surface area contributed by atoms with Gasteiger partial charge < -0.3 is 10.6 Å². The van der Waals surface area contributed by atoms with Crippen molar-refractivity contribution in [1.29, 1.82) is 0 Å². The lowest BCUT2D eigenvalue weighted by molar-refractivity contribution is -0.130. The maximum Gasteiger partial charge on any atom is 0.247 e. The predicted molar refractivity (Wildman–Crippen MR) is 46.2 cm³/mol. The molecule has 0 saturated carbocycles. The van der Waals surface area contributed by atoms with Crippen molar-refractivity contribution in [3.8, 4) is 0 Å². The largest absolute Gasteiger partial charge is 0.368 e. The topological polar surface area (TPSA) is 117 Å². The van der Waals surface area contributed by atoms with E-state index < -0.39 is 0 Å². The Bertz CT molecular complexity index is 369. The molecule has 1 fully saturated rings. The van der Waals surface area contributed by atoms with Gasteiger partial charge in [0.1, 0.15) is 13.1 Å².